The van der Waals surface area contributed by atoms with Crippen LogP contribution in [0.15, 0.2) is 24.3 Å². The van der Waals surface area contributed by atoms with Crippen LogP contribution in [-0.2, 0) is 38.2 Å². The lowest BCUT2D eigenvalue weighted by molar-refractivity contribution is -0.220. The van der Waals surface area contributed by atoms with Crippen molar-refractivity contribution in [1.29, 1.82) is 0 Å². The summed E-state index contributed by atoms with van der Waals surface area (Å²) in [5.74, 6) is -4.24. The zero-order valence-electron chi connectivity index (χ0n) is 23.8. The highest BCUT2D eigenvalue weighted by molar-refractivity contribution is 6.21. The van der Waals surface area contributed by atoms with Crippen molar-refractivity contribution in [3.63, 3.8) is 0 Å². The molecular weight excluding hydrogens is 568 g/mol. The number of Topliss-reactive ketones (excluding diaryl/α,β-unsaturated/α-hetero) is 2. The normalized spacial score (nSPS) is 41.0. The third-order valence-corrected chi connectivity index (χ3v) is 10.3. The second kappa shape index (κ2) is 10.9. The molecule has 6 rings (SSSR count). The van der Waals surface area contributed by atoms with Gasteiger partial charge in [0.15, 0.2) is 22.8 Å². The molecule has 0 aromatic rings. The Labute approximate surface area is 248 Å². The van der Waals surface area contributed by atoms with Crippen LogP contribution < -0.4 is 10.6 Å². The van der Waals surface area contributed by atoms with Gasteiger partial charge in [-0.05, 0) is 65.2 Å². The van der Waals surface area contributed by atoms with Gasteiger partial charge in [-0.25, -0.2) is 9.59 Å². The second-order valence-corrected chi connectivity index (χ2v) is 12.6. The summed E-state index contributed by atoms with van der Waals surface area (Å²) in [6, 6.07) is 0. The number of amides is 2. The lowest BCUT2D eigenvalue weighted by Crippen LogP contribution is -2.78. The Morgan fingerprint density at radius 2 is 1.26 bits per heavy atom. The van der Waals surface area contributed by atoms with Gasteiger partial charge >= 0.3 is 11.9 Å². The first-order valence-electron chi connectivity index (χ1n) is 14.6. The standard InChI is InChI=1S/C15H18ClNO4.C15H19NO5/c1-14-10(7-8-16)12(19)17-15(14,13(20)21-14)11(18)9-5-3-2-4-6-9;1-14-10(7-8-17)12(19)16-15(14,13(20)21-14)11(18)9-5-3-2-4-6-9/h3,5,9-10H,2,4,6-8H2,1H3,(H,17,19);3,5,9-10,17H,2,4,6-8H2,1H3,(H,16,19)/t2*9-,10+,14+,15+/m11/s1. The van der Waals surface area contributed by atoms with Gasteiger partial charge in [0.2, 0.25) is 22.9 Å². The Balaban J connectivity index is 0.000000168. The number of ketones is 2. The molecule has 0 saturated carbocycles. The number of aliphatic hydroxyl groups is 1. The number of esters is 2. The summed E-state index contributed by atoms with van der Waals surface area (Å²) in [5.41, 5.74) is -5.39. The lowest BCUT2D eigenvalue weighted by atomic mass is 9.65. The van der Waals surface area contributed by atoms with E-state index < -0.39 is 52.0 Å². The van der Waals surface area contributed by atoms with Crippen molar-refractivity contribution in [2.75, 3.05) is 12.5 Å². The van der Waals surface area contributed by atoms with Crippen molar-refractivity contribution >= 4 is 46.9 Å². The van der Waals surface area contributed by atoms with Crippen molar-refractivity contribution in [3.05, 3.63) is 24.3 Å². The van der Waals surface area contributed by atoms with Gasteiger partial charge in [0.05, 0.1) is 11.8 Å². The molecule has 3 N–H and O–H groups in total. The van der Waals surface area contributed by atoms with E-state index in [4.69, 9.17) is 26.2 Å². The van der Waals surface area contributed by atoms with E-state index >= 15 is 0 Å². The van der Waals surface area contributed by atoms with Gasteiger partial charge < -0.3 is 25.2 Å². The van der Waals surface area contributed by atoms with Crippen LogP contribution in [0.5, 0.6) is 0 Å². The van der Waals surface area contributed by atoms with Gasteiger partial charge in [-0.15, -0.1) is 11.6 Å². The summed E-state index contributed by atoms with van der Waals surface area (Å²) in [6.45, 7) is 3.07. The van der Waals surface area contributed by atoms with Gasteiger partial charge in [0.25, 0.3) is 0 Å². The molecule has 12 heteroatoms. The number of aliphatic hydroxyl groups excluding tert-OH is 1. The maximum absolute atomic E-state index is 12.9. The van der Waals surface area contributed by atoms with Crippen LogP contribution in [0.1, 0.15) is 65.2 Å². The number of hydrogen-bond acceptors (Lipinski definition) is 9. The molecule has 4 saturated heterocycles. The molecule has 0 aromatic heterocycles. The van der Waals surface area contributed by atoms with Gasteiger partial charge in [-0.1, -0.05) is 24.3 Å². The topological polar surface area (TPSA) is 165 Å². The maximum Gasteiger partial charge on any atom is 0.344 e. The molecule has 11 nitrogen and oxygen atoms in total. The molecule has 4 fully saturated rings. The average Bonchev–Trinajstić information content (AvgIpc) is 3.27. The maximum atomic E-state index is 12.9. The summed E-state index contributed by atoms with van der Waals surface area (Å²) in [5, 5.41) is 14.3. The van der Waals surface area contributed by atoms with E-state index in [1.165, 1.54) is 0 Å². The second-order valence-electron chi connectivity index (χ2n) is 12.2. The van der Waals surface area contributed by atoms with Crippen LogP contribution in [0.4, 0.5) is 0 Å². The Kier molecular flexibility index (Phi) is 7.89. The number of alkyl halides is 1. The fraction of sp³-hybridized carbons (Fsp3) is 0.667. The molecule has 0 radical (unpaired) electrons. The van der Waals surface area contributed by atoms with Crippen LogP contribution in [-0.4, -0.2) is 75.2 Å². The molecule has 4 heterocycles. The fourth-order valence-corrected chi connectivity index (χ4v) is 7.76. The number of rotatable bonds is 8. The van der Waals surface area contributed by atoms with Gasteiger partial charge in [-0.2, -0.15) is 0 Å². The van der Waals surface area contributed by atoms with E-state index in [1.807, 2.05) is 24.3 Å². The lowest BCUT2D eigenvalue weighted by Gasteiger charge is -2.50. The molecule has 8 atom stereocenters. The minimum Gasteiger partial charge on any atom is -0.453 e. The van der Waals surface area contributed by atoms with E-state index in [2.05, 4.69) is 10.6 Å². The van der Waals surface area contributed by atoms with Crippen LogP contribution in [0, 0.1) is 23.7 Å². The van der Waals surface area contributed by atoms with E-state index in [0.717, 1.165) is 25.7 Å². The number of carbonyl (C=O) groups is 6. The van der Waals surface area contributed by atoms with Gasteiger partial charge in [0, 0.05) is 24.3 Å². The molecule has 4 aliphatic heterocycles. The van der Waals surface area contributed by atoms with E-state index in [9.17, 15) is 28.8 Å². The fourth-order valence-electron chi connectivity index (χ4n) is 7.55. The number of nitrogens with one attached hydrogen (secondary N) is 2. The van der Waals surface area contributed by atoms with Gasteiger partial charge in [-0.3, -0.25) is 19.2 Å². The van der Waals surface area contributed by atoms with Crippen LogP contribution in [0.2, 0.25) is 0 Å². The molecule has 2 amide bonds. The first kappa shape index (κ1) is 30.4. The van der Waals surface area contributed by atoms with Crippen molar-refractivity contribution in [2.24, 2.45) is 23.7 Å². The Morgan fingerprint density at radius 1 is 0.833 bits per heavy atom. The predicted octanol–water partition coefficient (Wildman–Crippen LogP) is 1.44. The van der Waals surface area contributed by atoms with Gasteiger partial charge in [0.1, 0.15) is 0 Å². The third-order valence-electron chi connectivity index (χ3n) is 10.0. The first-order chi connectivity index (χ1) is 19.9. The zero-order valence-corrected chi connectivity index (χ0v) is 24.5. The molecule has 0 aromatic carbocycles. The largest absolute Gasteiger partial charge is 0.453 e. The summed E-state index contributed by atoms with van der Waals surface area (Å²) in [6.07, 6.45) is 13.2. The number of carbonyl (C=O) groups excluding carboxylic acids is 6. The smallest absolute Gasteiger partial charge is 0.344 e. The summed E-state index contributed by atoms with van der Waals surface area (Å²) < 4.78 is 10.5. The summed E-state index contributed by atoms with van der Waals surface area (Å²) in [4.78, 5) is 74.3. The monoisotopic (exact) mass is 604 g/mol. The van der Waals surface area contributed by atoms with Crippen LogP contribution in [0.25, 0.3) is 0 Å². The Morgan fingerprint density at radius 3 is 1.60 bits per heavy atom. The van der Waals surface area contributed by atoms with Crippen molar-refractivity contribution < 1.29 is 43.3 Å². The summed E-state index contributed by atoms with van der Waals surface area (Å²) in [7, 11) is 0. The number of allylic oxidation sites excluding steroid dienone is 4. The van der Waals surface area contributed by atoms with Crippen molar-refractivity contribution in [2.45, 2.75) is 87.5 Å². The molecule has 0 spiro atoms. The SMILES string of the molecule is C[C@@]12OC(=O)[C@]1(C(=O)[C@@H]1C=CCCC1)NC(=O)[C@@H]2CCCl.C[C@@]12OC(=O)[C@]1(C(=O)[C@@H]1C=CCCC1)NC(=O)[C@@H]2CCO. The van der Waals surface area contributed by atoms with Crippen molar-refractivity contribution in [1.82, 2.24) is 10.6 Å². The summed E-state index contributed by atoms with van der Waals surface area (Å²) >= 11 is 5.74. The highest BCUT2D eigenvalue weighted by atomic mass is 35.5. The molecule has 42 heavy (non-hydrogen) atoms. The minimum atomic E-state index is -1.57. The number of fused-ring (bicyclic) bond motifs is 2. The van der Waals surface area contributed by atoms with E-state index in [1.54, 1.807) is 13.8 Å². The third kappa shape index (κ3) is 4.02. The Hall–Kier alpha value is -3.05. The van der Waals surface area contributed by atoms with Crippen LogP contribution in [0.3, 0.4) is 0 Å². The van der Waals surface area contributed by atoms with E-state index in [0.29, 0.717) is 19.3 Å². The quantitative estimate of drug-likeness (QED) is 0.161. The number of ether oxygens (including phenoxy) is 2. The highest BCUT2D eigenvalue weighted by Crippen LogP contribution is 2.53. The molecule has 2 aliphatic carbocycles. The molecule has 228 valence electrons. The molecule has 0 bridgehead atoms. The number of hydrogen-bond donors (Lipinski definition) is 3. The number of halogens is 1. The minimum absolute atomic E-state index is 0.172. The zero-order chi connectivity index (χ0) is 30.5. The predicted molar refractivity (Wildman–Crippen MR) is 148 cm³/mol. The van der Waals surface area contributed by atoms with E-state index in [-0.39, 0.29) is 48.2 Å². The molecular formula is C30H37ClN2O9. The first-order valence-corrected chi connectivity index (χ1v) is 15.2. The highest BCUT2D eigenvalue weighted by Gasteiger charge is 2.81. The van der Waals surface area contributed by atoms with Crippen molar-refractivity contribution in [3.8, 4) is 0 Å². The Bertz CT molecular complexity index is 1190. The average molecular weight is 605 g/mol. The molecule has 0 unspecified atom stereocenters. The van der Waals surface area contributed by atoms with Crippen LogP contribution >= 0.6 is 11.6 Å². The molecule has 6 aliphatic rings.